The Morgan fingerprint density at radius 1 is 1.29 bits per heavy atom. The molecule has 6 heteroatoms. The number of amides is 1. The minimum atomic E-state index is -0.141. The Kier molecular flexibility index (Phi) is 5.35. The summed E-state index contributed by atoms with van der Waals surface area (Å²) in [5, 5.41) is 7.06. The second-order valence-electron chi connectivity index (χ2n) is 5.24. The van der Waals surface area contributed by atoms with Crippen molar-refractivity contribution in [1.82, 2.24) is 20.0 Å². The Balaban J connectivity index is 1.93. The summed E-state index contributed by atoms with van der Waals surface area (Å²) >= 11 is 2.12. The standard InChI is InChI=1S/C15H19IN4O/c1-19(2)9-12-6-4-11(5-7-12)8-17-15(21)14-13(16)10-20(3)18-14/h4-7,10H,8-9H2,1-3H3,(H,17,21). The van der Waals surface area contributed by atoms with Crippen LogP contribution in [0.2, 0.25) is 0 Å². The summed E-state index contributed by atoms with van der Waals surface area (Å²) in [6.45, 7) is 1.42. The van der Waals surface area contributed by atoms with E-state index >= 15 is 0 Å². The summed E-state index contributed by atoms with van der Waals surface area (Å²) < 4.78 is 2.50. The van der Waals surface area contributed by atoms with E-state index < -0.39 is 0 Å². The van der Waals surface area contributed by atoms with Crippen LogP contribution in [0.15, 0.2) is 30.5 Å². The van der Waals surface area contributed by atoms with Crippen LogP contribution in [0.1, 0.15) is 21.6 Å². The van der Waals surface area contributed by atoms with Crippen molar-refractivity contribution in [3.63, 3.8) is 0 Å². The Hall–Kier alpha value is -1.41. The maximum atomic E-state index is 12.1. The molecule has 0 aliphatic rings. The second-order valence-corrected chi connectivity index (χ2v) is 6.40. The minimum absolute atomic E-state index is 0.141. The number of carbonyl (C=O) groups excluding carboxylic acids is 1. The van der Waals surface area contributed by atoms with Crippen LogP contribution in [-0.2, 0) is 20.1 Å². The molecule has 0 saturated heterocycles. The molecule has 1 aromatic heterocycles. The van der Waals surface area contributed by atoms with Crippen molar-refractivity contribution >= 4 is 28.5 Å². The fourth-order valence-corrected chi connectivity index (χ4v) is 2.76. The highest BCUT2D eigenvalue weighted by molar-refractivity contribution is 14.1. The Labute approximate surface area is 138 Å². The van der Waals surface area contributed by atoms with Gasteiger partial charge in [-0.3, -0.25) is 9.48 Å². The molecular formula is C15H19IN4O. The highest BCUT2D eigenvalue weighted by Crippen LogP contribution is 2.10. The predicted molar refractivity (Wildman–Crippen MR) is 90.9 cm³/mol. The van der Waals surface area contributed by atoms with E-state index in [0.29, 0.717) is 12.2 Å². The third-order valence-electron chi connectivity index (χ3n) is 2.97. The van der Waals surface area contributed by atoms with Gasteiger partial charge in [-0.15, -0.1) is 0 Å². The topological polar surface area (TPSA) is 50.2 Å². The average molecular weight is 398 g/mol. The number of carbonyl (C=O) groups is 1. The van der Waals surface area contributed by atoms with Crippen molar-refractivity contribution in [2.24, 2.45) is 7.05 Å². The summed E-state index contributed by atoms with van der Waals surface area (Å²) in [5.41, 5.74) is 2.81. The van der Waals surface area contributed by atoms with Gasteiger partial charge in [0.15, 0.2) is 5.69 Å². The Morgan fingerprint density at radius 3 is 2.43 bits per heavy atom. The van der Waals surface area contributed by atoms with Crippen molar-refractivity contribution in [2.75, 3.05) is 14.1 Å². The van der Waals surface area contributed by atoms with Gasteiger partial charge in [0.1, 0.15) is 0 Å². The van der Waals surface area contributed by atoms with Crippen LogP contribution < -0.4 is 5.32 Å². The minimum Gasteiger partial charge on any atom is -0.347 e. The molecule has 0 bridgehead atoms. The number of benzene rings is 1. The molecule has 0 aliphatic carbocycles. The zero-order valence-electron chi connectivity index (χ0n) is 12.4. The van der Waals surface area contributed by atoms with E-state index in [1.807, 2.05) is 39.5 Å². The third kappa shape index (κ3) is 4.53. The Morgan fingerprint density at radius 2 is 1.90 bits per heavy atom. The molecule has 0 aliphatic heterocycles. The van der Waals surface area contributed by atoms with Crippen LogP contribution in [0.3, 0.4) is 0 Å². The molecule has 1 N–H and O–H groups in total. The average Bonchev–Trinajstić information content (AvgIpc) is 2.76. The number of hydrogen-bond donors (Lipinski definition) is 1. The highest BCUT2D eigenvalue weighted by atomic mass is 127. The van der Waals surface area contributed by atoms with E-state index in [4.69, 9.17) is 0 Å². The van der Waals surface area contributed by atoms with Gasteiger partial charge in [0, 0.05) is 26.3 Å². The molecule has 0 radical (unpaired) electrons. The van der Waals surface area contributed by atoms with Crippen LogP contribution in [0.25, 0.3) is 0 Å². The normalized spacial score (nSPS) is 10.9. The molecule has 1 amide bonds. The predicted octanol–water partition coefficient (Wildman–Crippen LogP) is 2.02. The lowest BCUT2D eigenvalue weighted by Gasteiger charge is -2.10. The van der Waals surface area contributed by atoms with Gasteiger partial charge in [-0.25, -0.2) is 0 Å². The zero-order valence-corrected chi connectivity index (χ0v) is 14.6. The fourth-order valence-electron chi connectivity index (χ4n) is 2.01. The monoisotopic (exact) mass is 398 g/mol. The largest absolute Gasteiger partial charge is 0.347 e. The molecule has 0 spiro atoms. The summed E-state index contributed by atoms with van der Waals surface area (Å²) in [6.07, 6.45) is 1.82. The van der Waals surface area contributed by atoms with Gasteiger partial charge in [-0.1, -0.05) is 24.3 Å². The first-order valence-corrected chi connectivity index (χ1v) is 7.73. The lowest BCUT2D eigenvalue weighted by Crippen LogP contribution is -2.24. The second kappa shape index (κ2) is 7.04. The first-order valence-electron chi connectivity index (χ1n) is 6.65. The van der Waals surface area contributed by atoms with Crippen LogP contribution in [0.4, 0.5) is 0 Å². The Bertz CT molecular complexity index is 619. The summed E-state index contributed by atoms with van der Waals surface area (Å²) in [6, 6.07) is 8.27. The van der Waals surface area contributed by atoms with Gasteiger partial charge in [-0.05, 0) is 47.8 Å². The summed E-state index contributed by atoms with van der Waals surface area (Å²) in [4.78, 5) is 14.2. The molecule has 0 unspecified atom stereocenters. The number of nitrogens with zero attached hydrogens (tertiary/aromatic N) is 3. The lowest BCUT2D eigenvalue weighted by molar-refractivity contribution is 0.0944. The quantitative estimate of drug-likeness (QED) is 0.785. The van der Waals surface area contributed by atoms with E-state index in [-0.39, 0.29) is 5.91 Å². The third-order valence-corrected chi connectivity index (χ3v) is 3.76. The van der Waals surface area contributed by atoms with E-state index in [2.05, 4.69) is 50.0 Å². The lowest BCUT2D eigenvalue weighted by atomic mass is 10.1. The molecule has 21 heavy (non-hydrogen) atoms. The van der Waals surface area contributed by atoms with Crippen molar-refractivity contribution in [2.45, 2.75) is 13.1 Å². The number of hydrogen-bond acceptors (Lipinski definition) is 3. The van der Waals surface area contributed by atoms with E-state index in [9.17, 15) is 4.79 Å². The maximum Gasteiger partial charge on any atom is 0.273 e. The van der Waals surface area contributed by atoms with Gasteiger partial charge < -0.3 is 10.2 Å². The molecule has 1 aromatic carbocycles. The number of nitrogens with one attached hydrogen (secondary N) is 1. The molecule has 2 rings (SSSR count). The molecular weight excluding hydrogens is 379 g/mol. The van der Waals surface area contributed by atoms with Crippen LogP contribution in [0.5, 0.6) is 0 Å². The molecule has 0 fully saturated rings. The highest BCUT2D eigenvalue weighted by Gasteiger charge is 2.13. The van der Waals surface area contributed by atoms with Gasteiger partial charge in [-0.2, -0.15) is 5.10 Å². The SMILES string of the molecule is CN(C)Cc1ccc(CNC(=O)c2nn(C)cc2I)cc1. The molecule has 5 nitrogen and oxygen atoms in total. The number of aryl methyl sites for hydroxylation is 1. The zero-order chi connectivity index (χ0) is 15.4. The number of aromatic nitrogens is 2. The van der Waals surface area contributed by atoms with E-state index in [1.54, 1.807) is 4.68 Å². The molecule has 2 aromatic rings. The number of halogens is 1. The fraction of sp³-hybridized carbons (Fsp3) is 0.333. The van der Waals surface area contributed by atoms with Crippen LogP contribution >= 0.6 is 22.6 Å². The van der Waals surface area contributed by atoms with Gasteiger partial charge >= 0.3 is 0 Å². The smallest absolute Gasteiger partial charge is 0.273 e. The van der Waals surface area contributed by atoms with Gasteiger partial charge in [0.2, 0.25) is 0 Å². The first kappa shape index (κ1) is 16.0. The summed E-state index contributed by atoms with van der Waals surface area (Å²) in [5.74, 6) is -0.141. The van der Waals surface area contributed by atoms with Crippen LogP contribution in [-0.4, -0.2) is 34.7 Å². The van der Waals surface area contributed by atoms with Crippen molar-refractivity contribution < 1.29 is 4.79 Å². The molecule has 1 heterocycles. The van der Waals surface area contributed by atoms with Crippen LogP contribution in [0, 0.1) is 3.57 Å². The molecule has 112 valence electrons. The molecule has 0 saturated carbocycles. The van der Waals surface area contributed by atoms with Crippen molar-refractivity contribution in [3.8, 4) is 0 Å². The maximum absolute atomic E-state index is 12.1. The van der Waals surface area contributed by atoms with Crippen molar-refractivity contribution in [3.05, 3.63) is 50.9 Å². The van der Waals surface area contributed by atoms with E-state index in [1.165, 1.54) is 5.56 Å². The molecule has 0 atom stereocenters. The van der Waals surface area contributed by atoms with Gasteiger partial charge in [0.25, 0.3) is 5.91 Å². The first-order chi connectivity index (χ1) is 9.95. The number of rotatable bonds is 5. The van der Waals surface area contributed by atoms with Gasteiger partial charge in [0.05, 0.1) is 3.57 Å². The van der Waals surface area contributed by atoms with E-state index in [0.717, 1.165) is 15.7 Å². The van der Waals surface area contributed by atoms with Crippen molar-refractivity contribution in [1.29, 1.82) is 0 Å². The summed E-state index contributed by atoms with van der Waals surface area (Å²) in [7, 11) is 5.90.